The lowest BCUT2D eigenvalue weighted by Crippen LogP contribution is -2.53. The second-order valence-corrected chi connectivity index (χ2v) is 8.99. The van der Waals surface area contributed by atoms with Crippen LogP contribution >= 0.6 is 0 Å². The normalized spacial score (nSPS) is 29.1. The van der Waals surface area contributed by atoms with Crippen molar-refractivity contribution in [2.24, 2.45) is 17.6 Å². The number of amides is 1. The second-order valence-electron chi connectivity index (χ2n) is 7.25. The fourth-order valence-electron chi connectivity index (χ4n) is 4.25. The highest BCUT2D eigenvalue weighted by Gasteiger charge is 2.40. The van der Waals surface area contributed by atoms with Gasteiger partial charge in [-0.05, 0) is 55.7 Å². The Morgan fingerprint density at radius 3 is 2.48 bits per heavy atom. The van der Waals surface area contributed by atoms with Crippen LogP contribution in [0.3, 0.4) is 0 Å². The van der Waals surface area contributed by atoms with Crippen LogP contribution in [0.25, 0.3) is 0 Å². The average Bonchev–Trinajstić information content (AvgIpc) is 2.48. The van der Waals surface area contributed by atoms with E-state index < -0.39 is 21.7 Å². The number of anilines is 1. The molecule has 2 fully saturated rings. The Balaban J connectivity index is 1.82. The first-order valence-corrected chi connectivity index (χ1v) is 10.5. The smallest absolute Gasteiger partial charge is 0.253 e. The van der Waals surface area contributed by atoms with Gasteiger partial charge in [0.25, 0.3) is 5.91 Å². The molecule has 0 radical (unpaired) electrons. The lowest BCUT2D eigenvalue weighted by atomic mass is 9.67. The van der Waals surface area contributed by atoms with E-state index >= 15 is 0 Å². The van der Waals surface area contributed by atoms with E-state index in [1.54, 1.807) is 0 Å². The van der Waals surface area contributed by atoms with Crippen molar-refractivity contribution in [2.45, 2.75) is 44.2 Å². The molecule has 2 saturated carbocycles. The highest BCUT2D eigenvalue weighted by atomic mass is 32.2. The Labute approximate surface area is 147 Å². The van der Waals surface area contributed by atoms with Crippen molar-refractivity contribution in [3.05, 3.63) is 29.6 Å². The maximum absolute atomic E-state index is 13.6. The van der Waals surface area contributed by atoms with Gasteiger partial charge in [0.05, 0.1) is 17.5 Å². The third-order valence-electron chi connectivity index (χ3n) is 5.20. The van der Waals surface area contributed by atoms with Gasteiger partial charge in [0.2, 0.25) is 10.0 Å². The summed E-state index contributed by atoms with van der Waals surface area (Å²) in [6, 6.07) is 3.63. The zero-order chi connectivity index (χ0) is 18.2. The zero-order valence-corrected chi connectivity index (χ0v) is 15.0. The number of nitrogens with two attached hydrogens (primary N) is 1. The molecule has 2 aliphatic carbocycles. The van der Waals surface area contributed by atoms with Crippen LogP contribution in [-0.4, -0.2) is 32.7 Å². The van der Waals surface area contributed by atoms with Crippen molar-refractivity contribution in [1.82, 2.24) is 5.32 Å². The lowest BCUT2D eigenvalue weighted by Gasteiger charge is -2.45. The fraction of sp³-hybridized carbons (Fsp3) is 0.588. The van der Waals surface area contributed by atoms with Gasteiger partial charge in [-0.3, -0.25) is 9.52 Å². The SMILES string of the molecule is CS(=O)(=O)Nc1ccc(F)cc1C(=O)NC1C2CCCC1CC(N)C2. The molecule has 0 spiro atoms. The van der Waals surface area contributed by atoms with Crippen LogP contribution < -0.4 is 15.8 Å². The number of carbonyl (C=O) groups excluding carboxylic acids is 1. The minimum absolute atomic E-state index is 0.00151. The maximum Gasteiger partial charge on any atom is 0.253 e. The van der Waals surface area contributed by atoms with Gasteiger partial charge < -0.3 is 11.1 Å². The Hall–Kier alpha value is -1.67. The molecule has 2 unspecified atom stereocenters. The van der Waals surface area contributed by atoms with Gasteiger partial charge in [-0.15, -0.1) is 0 Å². The molecule has 3 rings (SSSR count). The summed E-state index contributed by atoms with van der Waals surface area (Å²) in [6.07, 6.45) is 5.91. The Morgan fingerprint density at radius 1 is 1.24 bits per heavy atom. The number of rotatable bonds is 4. The van der Waals surface area contributed by atoms with Crippen LogP contribution in [0.4, 0.5) is 10.1 Å². The summed E-state index contributed by atoms with van der Waals surface area (Å²) in [5.74, 6) is -0.393. The minimum atomic E-state index is -3.57. The quantitative estimate of drug-likeness (QED) is 0.754. The molecular weight excluding hydrogens is 345 g/mol. The first-order chi connectivity index (χ1) is 11.7. The van der Waals surface area contributed by atoms with E-state index in [2.05, 4.69) is 10.0 Å². The molecule has 1 aromatic carbocycles. The maximum atomic E-state index is 13.6. The number of hydrogen-bond acceptors (Lipinski definition) is 4. The predicted octanol–water partition coefficient (Wildman–Crippen LogP) is 1.83. The topological polar surface area (TPSA) is 101 Å². The molecule has 0 aromatic heterocycles. The van der Waals surface area contributed by atoms with Crippen LogP contribution in [0, 0.1) is 17.7 Å². The van der Waals surface area contributed by atoms with Gasteiger partial charge in [-0.1, -0.05) is 6.42 Å². The molecule has 8 heteroatoms. The number of hydrogen-bond donors (Lipinski definition) is 3. The minimum Gasteiger partial charge on any atom is -0.349 e. The van der Waals surface area contributed by atoms with Gasteiger partial charge in [-0.2, -0.15) is 0 Å². The van der Waals surface area contributed by atoms with Gasteiger partial charge in [0.15, 0.2) is 0 Å². The van der Waals surface area contributed by atoms with E-state index in [1.165, 1.54) is 6.07 Å². The van der Waals surface area contributed by atoms with E-state index in [4.69, 9.17) is 5.73 Å². The van der Waals surface area contributed by atoms with Crippen LogP contribution in [-0.2, 0) is 10.0 Å². The molecule has 25 heavy (non-hydrogen) atoms. The van der Waals surface area contributed by atoms with Crippen LogP contribution in [0.2, 0.25) is 0 Å². The number of nitrogens with one attached hydrogen (secondary N) is 2. The largest absolute Gasteiger partial charge is 0.349 e. The van der Waals surface area contributed by atoms with Crippen LogP contribution in [0.1, 0.15) is 42.5 Å². The van der Waals surface area contributed by atoms with Gasteiger partial charge in [0, 0.05) is 12.1 Å². The van der Waals surface area contributed by atoms with Gasteiger partial charge in [0.1, 0.15) is 5.82 Å². The highest BCUT2D eigenvalue weighted by Crippen LogP contribution is 2.39. The predicted molar refractivity (Wildman–Crippen MR) is 94.2 cm³/mol. The summed E-state index contributed by atoms with van der Waals surface area (Å²) in [5, 5.41) is 3.02. The molecule has 1 aromatic rings. The first-order valence-electron chi connectivity index (χ1n) is 8.57. The summed E-state index contributed by atoms with van der Waals surface area (Å²) >= 11 is 0. The summed E-state index contributed by atoms with van der Waals surface area (Å²) < 4.78 is 38.9. The summed E-state index contributed by atoms with van der Waals surface area (Å²) in [7, 11) is -3.57. The molecule has 1 amide bonds. The van der Waals surface area contributed by atoms with Gasteiger partial charge in [-0.25, -0.2) is 12.8 Å². The third kappa shape index (κ3) is 4.30. The molecule has 2 bridgehead atoms. The number of benzene rings is 1. The number of halogens is 1. The lowest BCUT2D eigenvalue weighted by molar-refractivity contribution is 0.0756. The van der Waals surface area contributed by atoms with Crippen molar-refractivity contribution in [3.63, 3.8) is 0 Å². The molecule has 0 aliphatic heterocycles. The summed E-state index contributed by atoms with van der Waals surface area (Å²) in [5.41, 5.74) is 6.18. The van der Waals surface area contributed by atoms with Crippen molar-refractivity contribution >= 4 is 21.6 Å². The highest BCUT2D eigenvalue weighted by molar-refractivity contribution is 7.92. The van der Waals surface area contributed by atoms with E-state index in [-0.39, 0.29) is 23.3 Å². The number of fused-ring (bicyclic) bond motifs is 2. The molecule has 2 aliphatic rings. The molecule has 138 valence electrons. The number of carbonyl (C=O) groups is 1. The molecular formula is C17H24FN3O3S. The van der Waals surface area contributed by atoms with E-state index in [0.717, 1.165) is 50.5 Å². The van der Waals surface area contributed by atoms with Crippen molar-refractivity contribution in [3.8, 4) is 0 Å². The molecule has 0 saturated heterocycles. The first kappa shape index (κ1) is 18.1. The monoisotopic (exact) mass is 369 g/mol. The third-order valence-corrected chi connectivity index (χ3v) is 5.79. The van der Waals surface area contributed by atoms with Crippen molar-refractivity contribution in [1.29, 1.82) is 0 Å². The van der Waals surface area contributed by atoms with E-state index in [0.29, 0.717) is 11.8 Å². The summed E-state index contributed by atoms with van der Waals surface area (Å²) in [4.78, 5) is 12.7. The second kappa shape index (κ2) is 6.92. The van der Waals surface area contributed by atoms with Crippen LogP contribution in [0.5, 0.6) is 0 Å². The molecule has 4 N–H and O–H groups in total. The van der Waals surface area contributed by atoms with E-state index in [1.807, 2.05) is 0 Å². The number of sulfonamides is 1. The van der Waals surface area contributed by atoms with Crippen LogP contribution in [0.15, 0.2) is 18.2 Å². The summed E-state index contributed by atoms with van der Waals surface area (Å²) in [6.45, 7) is 0. The Bertz CT molecular complexity index is 754. The van der Waals surface area contributed by atoms with Gasteiger partial charge >= 0.3 is 0 Å². The molecule has 2 atom stereocenters. The van der Waals surface area contributed by atoms with Crippen molar-refractivity contribution < 1.29 is 17.6 Å². The zero-order valence-electron chi connectivity index (χ0n) is 14.2. The Morgan fingerprint density at radius 2 is 1.88 bits per heavy atom. The molecule has 0 heterocycles. The Kier molecular flexibility index (Phi) is 5.02. The fourth-order valence-corrected chi connectivity index (χ4v) is 4.82. The van der Waals surface area contributed by atoms with E-state index in [9.17, 15) is 17.6 Å². The molecule has 6 nitrogen and oxygen atoms in total. The van der Waals surface area contributed by atoms with Crippen molar-refractivity contribution in [2.75, 3.05) is 11.0 Å². The average molecular weight is 369 g/mol. The standard InChI is InChI=1S/C17H24FN3O3S/c1-25(23,24)21-15-6-5-12(18)9-14(15)17(22)20-16-10-3-2-4-11(16)8-13(19)7-10/h5-6,9-11,13,16,21H,2-4,7-8,19H2,1H3,(H,20,22).